The van der Waals surface area contributed by atoms with Crippen LogP contribution in [0.15, 0.2) is 12.7 Å². The maximum Gasteiger partial charge on any atom is 0.217 e. The molecule has 0 aliphatic heterocycles. The molecule has 0 amide bonds. The highest BCUT2D eigenvalue weighted by atomic mass is 15.4. The molecule has 1 N–H and O–H groups in total. The quantitative estimate of drug-likeness (QED) is 0.135. The van der Waals surface area contributed by atoms with Gasteiger partial charge in [-0.1, -0.05) is 6.58 Å². The van der Waals surface area contributed by atoms with Crippen LogP contribution in [0.1, 0.15) is 0 Å². The predicted octanol–water partition coefficient (Wildman–Crippen LogP) is 0.323. The fourth-order valence-electron chi connectivity index (χ4n) is 0.137. The minimum Gasteiger partial charge on any atom is -0.162 e. The third kappa shape index (κ3) is 4.85. The van der Waals surface area contributed by atoms with Gasteiger partial charge >= 0.3 is 0 Å². The van der Waals surface area contributed by atoms with E-state index >= 15 is 0 Å². The normalized spacial score (nSPS) is 6.29. The van der Waals surface area contributed by atoms with Crippen molar-refractivity contribution in [2.75, 3.05) is 6.54 Å². The summed E-state index contributed by atoms with van der Waals surface area (Å²) < 4.78 is 0. The van der Waals surface area contributed by atoms with E-state index in [1.807, 2.05) is 0 Å². The first-order valence-corrected chi connectivity index (χ1v) is 1.79. The van der Waals surface area contributed by atoms with E-state index in [1.165, 1.54) is 0 Å². The van der Waals surface area contributed by atoms with Crippen molar-refractivity contribution in [3.05, 3.63) is 23.1 Å². The van der Waals surface area contributed by atoms with Crippen LogP contribution in [0.5, 0.6) is 0 Å². The predicted molar refractivity (Wildman–Crippen MR) is 27.1 cm³/mol. The Morgan fingerprint density at radius 1 is 1.86 bits per heavy atom. The van der Waals surface area contributed by atoms with Crippen LogP contribution < -0.4 is 10.6 Å². The SMILES string of the molecule is C=CCN[N+]=[N+]=[N-]. The number of nitrogens with one attached hydrogen (secondary N) is 1. The molecule has 0 rings (SSSR count). The van der Waals surface area contributed by atoms with E-state index < -0.39 is 0 Å². The van der Waals surface area contributed by atoms with Gasteiger partial charge in [0, 0.05) is 0 Å². The number of hydrogen-bond acceptors (Lipinski definition) is 1. The Bertz CT molecular complexity index is 91.1. The first kappa shape index (κ1) is 5.85. The van der Waals surface area contributed by atoms with Gasteiger partial charge in [-0.25, -0.2) is 0 Å². The van der Waals surface area contributed by atoms with E-state index in [4.69, 9.17) is 5.53 Å². The minimum absolute atomic E-state index is 0.518. The van der Waals surface area contributed by atoms with Crippen molar-refractivity contribution in [3.63, 3.8) is 0 Å². The maximum absolute atomic E-state index is 7.65. The summed E-state index contributed by atoms with van der Waals surface area (Å²) in [5, 5.41) is 3.02. The number of rotatable bonds is 3. The number of azide groups is 1. The molecule has 7 heavy (non-hydrogen) atoms. The largest absolute Gasteiger partial charge is 0.217 e. The molecule has 4 nitrogen and oxygen atoms in total. The van der Waals surface area contributed by atoms with Crippen molar-refractivity contribution in [2.24, 2.45) is 0 Å². The zero-order chi connectivity index (χ0) is 5.54. The summed E-state index contributed by atoms with van der Waals surface area (Å²) in [5.41, 5.74) is 10.0. The minimum atomic E-state index is 0.518. The van der Waals surface area contributed by atoms with E-state index in [-0.39, 0.29) is 0 Å². The molecule has 0 unspecified atom stereocenters. The van der Waals surface area contributed by atoms with Crippen LogP contribution in [0.4, 0.5) is 0 Å². The van der Waals surface area contributed by atoms with Crippen molar-refractivity contribution in [1.82, 2.24) is 10.6 Å². The van der Waals surface area contributed by atoms with Gasteiger partial charge < -0.3 is 0 Å². The molecule has 1 radical (unpaired) electrons. The molecule has 0 aromatic carbocycles. The molecule has 0 aromatic rings. The van der Waals surface area contributed by atoms with E-state index in [2.05, 4.69) is 22.1 Å². The van der Waals surface area contributed by atoms with Crippen LogP contribution in [0.25, 0.3) is 10.4 Å². The van der Waals surface area contributed by atoms with Crippen molar-refractivity contribution >= 4 is 0 Å². The second-order valence-corrected chi connectivity index (χ2v) is 0.840. The van der Waals surface area contributed by atoms with Gasteiger partial charge in [-0.05, 0) is 6.08 Å². The summed E-state index contributed by atoms with van der Waals surface area (Å²) in [6, 6.07) is 0. The lowest BCUT2D eigenvalue weighted by Gasteiger charge is -1.71. The fourth-order valence-corrected chi connectivity index (χ4v) is 0.137. The maximum atomic E-state index is 7.65. The molecule has 0 fully saturated rings. The first-order chi connectivity index (χ1) is 3.41. The van der Waals surface area contributed by atoms with Crippen LogP contribution in [-0.2, 0) is 0 Å². The fraction of sp³-hybridized carbons (Fsp3) is 0.333. The Kier molecular flexibility index (Phi) is 4.05. The molecule has 0 heterocycles. The smallest absolute Gasteiger partial charge is 0.162 e. The van der Waals surface area contributed by atoms with E-state index in [9.17, 15) is 0 Å². The van der Waals surface area contributed by atoms with Crippen molar-refractivity contribution in [2.45, 2.75) is 0 Å². The molecule has 0 aliphatic carbocycles. The third-order valence-corrected chi connectivity index (χ3v) is 0.351. The molecule has 0 bridgehead atoms. The van der Waals surface area contributed by atoms with Gasteiger partial charge in [0.15, 0.2) is 0 Å². The topological polar surface area (TPSA) is 62.5 Å². The first-order valence-electron chi connectivity index (χ1n) is 1.79. The van der Waals surface area contributed by atoms with Gasteiger partial charge in [-0.15, -0.1) is 0 Å². The summed E-state index contributed by atoms with van der Waals surface area (Å²) in [4.78, 5) is 2.44. The summed E-state index contributed by atoms with van der Waals surface area (Å²) >= 11 is 0. The molecule has 0 saturated carbocycles. The van der Waals surface area contributed by atoms with E-state index in [0.717, 1.165) is 0 Å². The van der Waals surface area contributed by atoms with Crippen molar-refractivity contribution in [1.29, 1.82) is 0 Å². The summed E-state index contributed by atoms with van der Waals surface area (Å²) in [6.45, 7) is 3.90. The van der Waals surface area contributed by atoms with Crippen molar-refractivity contribution < 1.29 is 0 Å². The van der Waals surface area contributed by atoms with Gasteiger partial charge in [-0.2, -0.15) is 5.43 Å². The van der Waals surface area contributed by atoms with E-state index in [1.54, 1.807) is 6.08 Å². The zero-order valence-electron chi connectivity index (χ0n) is 3.83. The molecular weight excluding hydrogens is 92.1 g/mol. The molecular formula is C3H6N4+. The lowest BCUT2D eigenvalue weighted by Crippen LogP contribution is -2.12. The van der Waals surface area contributed by atoms with Gasteiger partial charge in [0.2, 0.25) is 10.8 Å². The Hall–Kier alpha value is -1.15. The Morgan fingerprint density at radius 2 is 2.57 bits per heavy atom. The second kappa shape index (κ2) is 4.85. The lowest BCUT2D eigenvalue weighted by atomic mass is 10.7. The van der Waals surface area contributed by atoms with Crippen molar-refractivity contribution in [3.8, 4) is 0 Å². The Labute approximate surface area is 41.4 Å². The van der Waals surface area contributed by atoms with Gasteiger partial charge in [0.25, 0.3) is 0 Å². The molecule has 4 heteroatoms. The molecule has 37 valence electrons. The summed E-state index contributed by atoms with van der Waals surface area (Å²) in [6.07, 6.45) is 1.61. The highest BCUT2D eigenvalue weighted by Gasteiger charge is 1.75. The molecule has 0 atom stereocenters. The van der Waals surface area contributed by atoms with Crippen LogP contribution in [-0.4, -0.2) is 6.54 Å². The van der Waals surface area contributed by atoms with Gasteiger partial charge in [0.05, 0.1) is 4.91 Å². The molecule has 0 saturated heterocycles. The Balaban J connectivity index is 2.97. The van der Waals surface area contributed by atoms with Crippen LogP contribution in [0, 0.1) is 0 Å². The lowest BCUT2D eigenvalue weighted by molar-refractivity contribution is 0.730. The van der Waals surface area contributed by atoms with Crippen LogP contribution >= 0.6 is 0 Å². The highest BCUT2D eigenvalue weighted by Crippen LogP contribution is 1.50. The zero-order valence-corrected chi connectivity index (χ0v) is 3.83. The number of hydrogen-bond donors (Lipinski definition) is 1. The standard InChI is InChI=1S/C3H6N4/c1-2-3-5-7-6-4/h2,5H,1,3H2/q+1. The van der Waals surface area contributed by atoms with Crippen LogP contribution in [0.2, 0.25) is 0 Å². The average molecular weight is 98.1 g/mol. The molecule has 0 spiro atoms. The van der Waals surface area contributed by atoms with E-state index in [0.29, 0.717) is 6.54 Å². The second-order valence-electron chi connectivity index (χ2n) is 0.840. The Morgan fingerprint density at radius 3 is 3.00 bits per heavy atom. The van der Waals surface area contributed by atoms with Gasteiger partial charge in [-0.3, -0.25) is 0 Å². The van der Waals surface area contributed by atoms with Crippen LogP contribution in [0.3, 0.4) is 0 Å². The highest BCUT2D eigenvalue weighted by molar-refractivity contribution is 4.66. The summed E-state index contributed by atoms with van der Waals surface area (Å²) in [7, 11) is 0. The summed E-state index contributed by atoms with van der Waals surface area (Å²) in [5.74, 6) is 0. The van der Waals surface area contributed by atoms with Gasteiger partial charge in [0.1, 0.15) is 6.54 Å². The third-order valence-electron chi connectivity index (χ3n) is 0.351. The monoisotopic (exact) mass is 98.1 g/mol. The molecule has 0 aliphatic rings. The molecule has 0 aromatic heterocycles. The number of nitrogens with zero attached hydrogens (tertiary/aromatic N) is 3. The average Bonchev–Trinajstić information content (AvgIpc) is 1.69.